The van der Waals surface area contributed by atoms with E-state index in [-0.39, 0.29) is 42.4 Å². The average molecular weight is 442 g/mol. The molecule has 23 heavy (non-hydrogen) atoms. The van der Waals surface area contributed by atoms with E-state index in [1.165, 1.54) is 10.4 Å². The van der Waals surface area contributed by atoms with Gasteiger partial charge in [-0.1, -0.05) is 18.2 Å². The molecule has 3 rings (SSSR count). The highest BCUT2D eigenvalue weighted by molar-refractivity contribution is 14.0. The summed E-state index contributed by atoms with van der Waals surface area (Å²) in [4.78, 5) is 19.6. The van der Waals surface area contributed by atoms with Gasteiger partial charge in [-0.2, -0.15) is 0 Å². The number of nitrogens with two attached hydrogens (primary N) is 1. The Bertz CT molecular complexity index is 686. The van der Waals surface area contributed by atoms with Crippen LogP contribution in [0.2, 0.25) is 0 Å². The third-order valence-corrected chi connectivity index (χ3v) is 4.61. The summed E-state index contributed by atoms with van der Waals surface area (Å²) in [6.07, 6.45) is 0.931. The third-order valence-electron chi connectivity index (χ3n) is 3.59. The second-order valence-corrected chi connectivity index (χ2v) is 6.13. The molecule has 2 aromatic rings. The molecular formula is C16H19IN4OS. The van der Waals surface area contributed by atoms with E-state index in [1.54, 1.807) is 11.3 Å². The summed E-state index contributed by atoms with van der Waals surface area (Å²) < 4.78 is 0. The number of benzene rings is 1. The Hall–Kier alpha value is -1.61. The number of aliphatic imine (C=N–C) groups is 1. The molecule has 0 saturated heterocycles. The van der Waals surface area contributed by atoms with Crippen LogP contribution in [0, 0.1) is 0 Å². The lowest BCUT2D eigenvalue weighted by molar-refractivity contribution is -0.130. The number of thiophene rings is 1. The van der Waals surface area contributed by atoms with Crippen LogP contribution < -0.4 is 11.1 Å². The number of hydrogen-bond acceptors (Lipinski definition) is 3. The van der Waals surface area contributed by atoms with Gasteiger partial charge >= 0.3 is 0 Å². The van der Waals surface area contributed by atoms with Crippen LogP contribution in [0.25, 0.3) is 0 Å². The maximum Gasteiger partial charge on any atom is 0.244 e. The summed E-state index contributed by atoms with van der Waals surface area (Å²) in [7, 11) is 0. The van der Waals surface area contributed by atoms with E-state index in [2.05, 4.69) is 21.8 Å². The number of carbonyl (C=O) groups excluding carboxylic acids is 1. The van der Waals surface area contributed by atoms with Crippen molar-refractivity contribution < 1.29 is 4.79 Å². The smallest absolute Gasteiger partial charge is 0.244 e. The van der Waals surface area contributed by atoms with Gasteiger partial charge in [-0.25, -0.2) is 4.99 Å². The number of para-hydroxylation sites is 1. The largest absolute Gasteiger partial charge is 0.370 e. The van der Waals surface area contributed by atoms with Crippen LogP contribution in [0.15, 0.2) is 46.8 Å². The van der Waals surface area contributed by atoms with Crippen LogP contribution in [0.4, 0.5) is 5.69 Å². The molecule has 0 radical (unpaired) electrons. The number of carbonyl (C=O) groups is 1. The normalized spacial score (nSPS) is 13.9. The van der Waals surface area contributed by atoms with Crippen molar-refractivity contribution in [2.75, 3.05) is 18.4 Å². The van der Waals surface area contributed by atoms with E-state index in [9.17, 15) is 4.79 Å². The lowest BCUT2D eigenvalue weighted by atomic mass is 10.1. The Morgan fingerprint density at radius 2 is 2.09 bits per heavy atom. The third kappa shape index (κ3) is 4.68. The molecule has 0 bridgehead atoms. The van der Waals surface area contributed by atoms with E-state index < -0.39 is 0 Å². The molecule has 0 aliphatic carbocycles. The summed E-state index contributed by atoms with van der Waals surface area (Å²) in [6, 6.07) is 11.6. The van der Waals surface area contributed by atoms with Crippen molar-refractivity contribution in [3.8, 4) is 0 Å². The predicted molar refractivity (Wildman–Crippen MR) is 105 cm³/mol. The van der Waals surface area contributed by atoms with Crippen molar-refractivity contribution in [1.82, 2.24) is 4.90 Å². The first-order chi connectivity index (χ1) is 10.7. The van der Waals surface area contributed by atoms with E-state index >= 15 is 0 Å². The summed E-state index contributed by atoms with van der Waals surface area (Å²) in [5.41, 5.74) is 7.93. The van der Waals surface area contributed by atoms with Gasteiger partial charge < -0.3 is 16.0 Å². The molecule has 0 fully saturated rings. The van der Waals surface area contributed by atoms with E-state index in [0.717, 1.165) is 18.7 Å². The number of anilines is 1. The Labute approximate surface area is 156 Å². The van der Waals surface area contributed by atoms with E-state index in [1.807, 2.05) is 35.2 Å². The SMILES string of the molecule is I.NC(=NCC(=O)N1CCc2sccc2C1)Nc1ccccc1. The molecule has 1 aromatic carbocycles. The highest BCUT2D eigenvalue weighted by Gasteiger charge is 2.20. The average Bonchev–Trinajstić information content (AvgIpc) is 3.01. The quantitative estimate of drug-likeness (QED) is 0.436. The fraction of sp³-hybridized carbons (Fsp3) is 0.250. The first-order valence-electron chi connectivity index (χ1n) is 7.17. The zero-order chi connectivity index (χ0) is 15.4. The van der Waals surface area contributed by atoms with Gasteiger partial charge in [-0.3, -0.25) is 4.79 Å². The number of amides is 1. The predicted octanol–water partition coefficient (Wildman–Crippen LogP) is 2.68. The second-order valence-electron chi connectivity index (χ2n) is 5.13. The minimum atomic E-state index is 0. The fourth-order valence-electron chi connectivity index (χ4n) is 2.42. The monoisotopic (exact) mass is 442 g/mol. The maximum absolute atomic E-state index is 12.2. The van der Waals surface area contributed by atoms with Crippen molar-refractivity contribution in [3.05, 3.63) is 52.2 Å². The molecule has 0 unspecified atom stereocenters. The zero-order valence-electron chi connectivity index (χ0n) is 12.6. The molecule has 2 heterocycles. The minimum Gasteiger partial charge on any atom is -0.370 e. The first-order valence-corrected chi connectivity index (χ1v) is 8.05. The topological polar surface area (TPSA) is 70.7 Å². The Balaban J connectivity index is 0.00000192. The van der Waals surface area contributed by atoms with Crippen LogP contribution >= 0.6 is 35.3 Å². The number of rotatable bonds is 3. The standard InChI is InChI=1S/C16H18N4OS.HI/c17-16(19-13-4-2-1-3-5-13)18-10-15(21)20-8-6-14-12(11-20)7-9-22-14;/h1-5,7,9H,6,8,10-11H2,(H3,17,18,19);1H. The molecule has 3 N–H and O–H groups in total. The van der Waals surface area contributed by atoms with Gasteiger partial charge in [0.15, 0.2) is 5.96 Å². The van der Waals surface area contributed by atoms with E-state index in [4.69, 9.17) is 5.73 Å². The first kappa shape index (κ1) is 17.7. The van der Waals surface area contributed by atoms with Crippen molar-refractivity contribution in [2.45, 2.75) is 13.0 Å². The van der Waals surface area contributed by atoms with Gasteiger partial charge in [-0.15, -0.1) is 35.3 Å². The zero-order valence-corrected chi connectivity index (χ0v) is 15.7. The minimum absolute atomic E-state index is 0. The van der Waals surface area contributed by atoms with Crippen molar-refractivity contribution in [2.24, 2.45) is 10.7 Å². The number of fused-ring (bicyclic) bond motifs is 1. The summed E-state index contributed by atoms with van der Waals surface area (Å²) >= 11 is 1.76. The Morgan fingerprint density at radius 3 is 2.87 bits per heavy atom. The molecule has 5 nitrogen and oxygen atoms in total. The maximum atomic E-state index is 12.2. The molecule has 7 heteroatoms. The van der Waals surface area contributed by atoms with Gasteiger partial charge in [0, 0.05) is 23.7 Å². The van der Waals surface area contributed by atoms with Gasteiger partial charge in [0.05, 0.1) is 0 Å². The summed E-state index contributed by atoms with van der Waals surface area (Å²) in [6.45, 7) is 1.51. The van der Waals surface area contributed by atoms with Gasteiger partial charge in [0.25, 0.3) is 0 Å². The molecule has 1 amide bonds. The number of halogens is 1. The Kier molecular flexibility index (Phi) is 6.40. The molecule has 122 valence electrons. The molecule has 1 aliphatic heterocycles. The molecular weight excluding hydrogens is 423 g/mol. The van der Waals surface area contributed by atoms with Crippen LogP contribution in [-0.2, 0) is 17.8 Å². The van der Waals surface area contributed by atoms with Crippen LogP contribution in [0.3, 0.4) is 0 Å². The van der Waals surface area contributed by atoms with Crippen LogP contribution in [-0.4, -0.2) is 29.9 Å². The second kappa shape index (κ2) is 8.30. The van der Waals surface area contributed by atoms with Crippen molar-refractivity contribution >= 4 is 52.9 Å². The molecule has 0 atom stereocenters. The highest BCUT2D eigenvalue weighted by atomic mass is 127. The van der Waals surface area contributed by atoms with Crippen molar-refractivity contribution in [3.63, 3.8) is 0 Å². The molecule has 1 aliphatic rings. The van der Waals surface area contributed by atoms with Crippen molar-refractivity contribution in [1.29, 1.82) is 0 Å². The Morgan fingerprint density at radius 1 is 1.30 bits per heavy atom. The highest BCUT2D eigenvalue weighted by Crippen LogP contribution is 2.23. The number of nitrogens with zero attached hydrogens (tertiary/aromatic N) is 2. The molecule has 0 spiro atoms. The lowest BCUT2D eigenvalue weighted by Crippen LogP contribution is -2.37. The summed E-state index contributed by atoms with van der Waals surface area (Å²) in [5, 5.41) is 5.05. The lowest BCUT2D eigenvalue weighted by Gasteiger charge is -2.26. The van der Waals surface area contributed by atoms with Gasteiger partial charge in [0.1, 0.15) is 6.54 Å². The van der Waals surface area contributed by atoms with Gasteiger partial charge in [0.2, 0.25) is 5.91 Å². The molecule has 0 saturated carbocycles. The molecule has 1 aromatic heterocycles. The van der Waals surface area contributed by atoms with Gasteiger partial charge in [-0.05, 0) is 35.6 Å². The fourth-order valence-corrected chi connectivity index (χ4v) is 3.31. The van der Waals surface area contributed by atoms with Crippen LogP contribution in [0.1, 0.15) is 10.4 Å². The number of guanidine groups is 1. The number of nitrogens with one attached hydrogen (secondary N) is 1. The van der Waals surface area contributed by atoms with Crippen LogP contribution in [0.5, 0.6) is 0 Å². The summed E-state index contributed by atoms with van der Waals surface area (Å²) in [5.74, 6) is 0.266. The number of hydrogen-bond donors (Lipinski definition) is 2. The van der Waals surface area contributed by atoms with E-state index in [0.29, 0.717) is 6.54 Å².